The zero-order valence-corrected chi connectivity index (χ0v) is 8.33. The van der Waals surface area contributed by atoms with Crippen LogP contribution in [-0.2, 0) is 0 Å². The third-order valence-corrected chi connectivity index (χ3v) is 2.13. The molecule has 0 saturated heterocycles. The molecule has 0 atom stereocenters. The summed E-state index contributed by atoms with van der Waals surface area (Å²) < 4.78 is 26.7. The maximum Gasteiger partial charge on any atom is 0.270 e. The maximum atomic E-state index is 12.8. The molecule has 1 aromatic carbocycles. The first-order chi connectivity index (χ1) is 8.09. The van der Waals surface area contributed by atoms with Crippen LogP contribution in [0, 0.1) is 10.1 Å². The predicted octanol–water partition coefficient (Wildman–Crippen LogP) is 2.11. The fourth-order valence-corrected chi connectivity index (χ4v) is 1.38. The number of nitro groups is 1. The molecular formula is C9H6F2N4O2. The molecule has 0 aliphatic carbocycles. The Bertz CT molecular complexity index is 542. The van der Waals surface area contributed by atoms with Gasteiger partial charge in [0.1, 0.15) is 0 Å². The Labute approximate surface area is 93.6 Å². The summed E-state index contributed by atoms with van der Waals surface area (Å²) in [6, 6.07) is 3.19. The second kappa shape index (κ2) is 4.24. The van der Waals surface area contributed by atoms with Crippen molar-refractivity contribution in [2.45, 2.75) is 6.43 Å². The Balaban J connectivity index is 2.57. The molecule has 0 fully saturated rings. The maximum absolute atomic E-state index is 12.8. The minimum Gasteiger partial charge on any atom is -0.258 e. The molecule has 1 heterocycles. The molecule has 0 amide bonds. The largest absolute Gasteiger partial charge is 0.270 e. The van der Waals surface area contributed by atoms with Gasteiger partial charge in [-0.3, -0.25) is 10.1 Å². The molecule has 2 rings (SSSR count). The monoisotopic (exact) mass is 240 g/mol. The summed E-state index contributed by atoms with van der Waals surface area (Å²) in [6.45, 7) is 0. The number of halogens is 2. The normalized spacial score (nSPS) is 10.8. The van der Waals surface area contributed by atoms with Gasteiger partial charge in [-0.05, 0) is 6.07 Å². The zero-order valence-electron chi connectivity index (χ0n) is 8.33. The average molecular weight is 240 g/mol. The molecule has 2 aromatic rings. The van der Waals surface area contributed by atoms with Crippen molar-refractivity contribution in [3.8, 4) is 5.69 Å². The molecule has 0 unspecified atom stereocenters. The first-order valence-electron chi connectivity index (χ1n) is 4.53. The van der Waals surface area contributed by atoms with E-state index < -0.39 is 16.9 Å². The van der Waals surface area contributed by atoms with Crippen LogP contribution >= 0.6 is 0 Å². The first kappa shape index (κ1) is 11.1. The van der Waals surface area contributed by atoms with E-state index in [1.54, 1.807) is 0 Å². The van der Waals surface area contributed by atoms with Crippen molar-refractivity contribution in [3.63, 3.8) is 0 Å². The van der Waals surface area contributed by atoms with Crippen LogP contribution in [0.1, 0.15) is 12.0 Å². The van der Waals surface area contributed by atoms with E-state index in [0.29, 0.717) is 0 Å². The second-order valence-electron chi connectivity index (χ2n) is 3.15. The van der Waals surface area contributed by atoms with Crippen LogP contribution in [0.4, 0.5) is 14.5 Å². The SMILES string of the molecule is O=[N+]([O-])c1ccc(-n2ccnn2)c(C(F)F)c1. The van der Waals surface area contributed by atoms with Gasteiger partial charge in [0.2, 0.25) is 0 Å². The molecular weight excluding hydrogens is 234 g/mol. The Morgan fingerprint density at radius 1 is 1.41 bits per heavy atom. The van der Waals surface area contributed by atoms with E-state index in [-0.39, 0.29) is 11.4 Å². The summed E-state index contributed by atoms with van der Waals surface area (Å²) in [7, 11) is 0. The van der Waals surface area contributed by atoms with Crippen molar-refractivity contribution in [2.75, 3.05) is 0 Å². The predicted molar refractivity (Wildman–Crippen MR) is 53.0 cm³/mol. The second-order valence-corrected chi connectivity index (χ2v) is 3.15. The molecule has 6 nitrogen and oxygen atoms in total. The molecule has 1 aromatic heterocycles. The Kier molecular flexibility index (Phi) is 2.77. The van der Waals surface area contributed by atoms with E-state index in [4.69, 9.17) is 0 Å². The Morgan fingerprint density at radius 2 is 2.18 bits per heavy atom. The molecule has 0 spiro atoms. The fourth-order valence-electron chi connectivity index (χ4n) is 1.38. The molecule has 0 aliphatic rings. The number of non-ortho nitro benzene ring substituents is 1. The molecule has 0 aliphatic heterocycles. The Hall–Kier alpha value is -2.38. The topological polar surface area (TPSA) is 73.8 Å². The quantitative estimate of drug-likeness (QED) is 0.608. The lowest BCUT2D eigenvalue weighted by Crippen LogP contribution is -2.02. The molecule has 0 saturated carbocycles. The number of nitrogens with zero attached hydrogens (tertiary/aromatic N) is 4. The third-order valence-electron chi connectivity index (χ3n) is 2.13. The van der Waals surface area contributed by atoms with Gasteiger partial charge >= 0.3 is 0 Å². The van der Waals surface area contributed by atoms with E-state index in [9.17, 15) is 18.9 Å². The lowest BCUT2D eigenvalue weighted by Gasteiger charge is -2.07. The lowest BCUT2D eigenvalue weighted by molar-refractivity contribution is -0.385. The molecule has 0 N–H and O–H groups in total. The van der Waals surface area contributed by atoms with Crippen molar-refractivity contribution in [2.24, 2.45) is 0 Å². The molecule has 8 heteroatoms. The highest BCUT2D eigenvalue weighted by molar-refractivity contribution is 5.48. The van der Waals surface area contributed by atoms with Crippen LogP contribution in [0.15, 0.2) is 30.6 Å². The first-order valence-corrected chi connectivity index (χ1v) is 4.53. The van der Waals surface area contributed by atoms with Gasteiger partial charge in [-0.1, -0.05) is 5.21 Å². The number of hydrogen-bond acceptors (Lipinski definition) is 4. The Morgan fingerprint density at radius 3 is 2.71 bits per heavy atom. The molecule has 17 heavy (non-hydrogen) atoms. The highest BCUT2D eigenvalue weighted by atomic mass is 19.3. The summed E-state index contributed by atoms with van der Waals surface area (Å²) in [4.78, 5) is 9.77. The van der Waals surface area contributed by atoms with E-state index in [1.165, 1.54) is 18.5 Å². The van der Waals surface area contributed by atoms with Crippen LogP contribution in [0.25, 0.3) is 5.69 Å². The van der Waals surface area contributed by atoms with E-state index >= 15 is 0 Å². The third kappa shape index (κ3) is 2.10. The van der Waals surface area contributed by atoms with Crippen molar-refractivity contribution < 1.29 is 13.7 Å². The number of alkyl halides is 2. The van der Waals surface area contributed by atoms with E-state index in [2.05, 4.69) is 10.3 Å². The van der Waals surface area contributed by atoms with Crippen LogP contribution in [-0.4, -0.2) is 19.9 Å². The average Bonchev–Trinajstić information content (AvgIpc) is 2.81. The molecule has 88 valence electrons. The van der Waals surface area contributed by atoms with Gasteiger partial charge in [0.15, 0.2) is 0 Å². The van der Waals surface area contributed by atoms with Gasteiger partial charge in [-0.15, -0.1) is 5.10 Å². The van der Waals surface area contributed by atoms with Crippen molar-refractivity contribution in [1.82, 2.24) is 15.0 Å². The summed E-state index contributed by atoms with van der Waals surface area (Å²) in [5.74, 6) is 0. The van der Waals surface area contributed by atoms with Gasteiger partial charge in [-0.25, -0.2) is 13.5 Å². The standard InChI is InChI=1S/C9H6F2N4O2/c10-9(11)7-5-6(15(16)17)1-2-8(7)14-4-3-12-13-14/h1-5,9H. The van der Waals surface area contributed by atoms with Gasteiger partial charge in [0.05, 0.1) is 28.6 Å². The van der Waals surface area contributed by atoms with E-state index in [0.717, 1.165) is 16.8 Å². The minimum absolute atomic E-state index is 0.0723. The number of benzene rings is 1. The van der Waals surface area contributed by atoms with Crippen molar-refractivity contribution in [1.29, 1.82) is 0 Å². The number of aromatic nitrogens is 3. The fraction of sp³-hybridized carbons (Fsp3) is 0.111. The molecule has 0 bridgehead atoms. The van der Waals surface area contributed by atoms with Crippen LogP contribution < -0.4 is 0 Å². The number of nitro benzene ring substituents is 1. The van der Waals surface area contributed by atoms with Crippen molar-refractivity contribution in [3.05, 3.63) is 46.3 Å². The van der Waals surface area contributed by atoms with Gasteiger partial charge in [0.25, 0.3) is 12.1 Å². The summed E-state index contributed by atoms with van der Waals surface area (Å²) in [6.07, 6.45) is -0.113. The van der Waals surface area contributed by atoms with Crippen molar-refractivity contribution >= 4 is 5.69 Å². The molecule has 0 radical (unpaired) electrons. The minimum atomic E-state index is -2.82. The summed E-state index contributed by atoms with van der Waals surface area (Å²) in [5, 5.41) is 17.6. The summed E-state index contributed by atoms with van der Waals surface area (Å²) >= 11 is 0. The number of hydrogen-bond donors (Lipinski definition) is 0. The van der Waals surface area contributed by atoms with Crippen LogP contribution in [0.5, 0.6) is 0 Å². The van der Waals surface area contributed by atoms with Gasteiger partial charge in [-0.2, -0.15) is 0 Å². The van der Waals surface area contributed by atoms with E-state index in [1.807, 2.05) is 0 Å². The van der Waals surface area contributed by atoms with Gasteiger partial charge < -0.3 is 0 Å². The van der Waals surface area contributed by atoms with Gasteiger partial charge in [0, 0.05) is 12.1 Å². The highest BCUT2D eigenvalue weighted by Crippen LogP contribution is 2.28. The highest BCUT2D eigenvalue weighted by Gasteiger charge is 2.19. The van der Waals surface area contributed by atoms with Crippen LogP contribution in [0.2, 0.25) is 0 Å². The summed E-state index contributed by atoms with van der Waals surface area (Å²) in [5.41, 5.74) is -0.767. The number of rotatable bonds is 3. The zero-order chi connectivity index (χ0) is 12.4. The lowest BCUT2D eigenvalue weighted by atomic mass is 10.1. The van der Waals surface area contributed by atoms with Crippen LogP contribution in [0.3, 0.4) is 0 Å². The smallest absolute Gasteiger partial charge is 0.258 e.